The predicted octanol–water partition coefficient (Wildman–Crippen LogP) is 2.60. The summed E-state index contributed by atoms with van der Waals surface area (Å²) in [6.07, 6.45) is 5.12. The van der Waals surface area contributed by atoms with Gasteiger partial charge in [-0.3, -0.25) is 0 Å². The van der Waals surface area contributed by atoms with Gasteiger partial charge < -0.3 is 15.2 Å². The molecule has 1 aromatic rings. The largest absolute Gasteiger partial charge is 0.497 e. The molecule has 0 saturated heterocycles. The topological polar surface area (TPSA) is 44.5 Å². The minimum absolute atomic E-state index is 0.333. The van der Waals surface area contributed by atoms with Crippen molar-refractivity contribution in [3.63, 3.8) is 0 Å². The first-order chi connectivity index (χ1) is 7.29. The number of rotatable bonds is 3. The van der Waals surface area contributed by atoms with Crippen LogP contribution >= 0.6 is 0 Å². The highest BCUT2D eigenvalue weighted by molar-refractivity contribution is 5.55. The lowest BCUT2D eigenvalue weighted by atomic mass is 10.2. The number of hydrogen-bond acceptors (Lipinski definition) is 3. The third-order valence-electron chi connectivity index (χ3n) is 2.82. The molecular formula is C12H17NO2. The molecule has 0 aromatic heterocycles. The van der Waals surface area contributed by atoms with Gasteiger partial charge in [-0.1, -0.05) is 0 Å². The standard InChI is InChI=1S/C12H17NO2/c1-14-10-6-7-11(13)12(8-10)15-9-4-2-3-5-9/h6-9H,2-5,13H2,1H3. The number of benzene rings is 1. The van der Waals surface area contributed by atoms with Crippen molar-refractivity contribution in [3.05, 3.63) is 18.2 Å². The molecule has 2 N–H and O–H groups in total. The van der Waals surface area contributed by atoms with Gasteiger partial charge in [-0.2, -0.15) is 0 Å². The van der Waals surface area contributed by atoms with Crippen LogP contribution < -0.4 is 15.2 Å². The van der Waals surface area contributed by atoms with Crippen LogP contribution in [0.2, 0.25) is 0 Å². The Hall–Kier alpha value is -1.38. The number of ether oxygens (including phenoxy) is 2. The summed E-state index contributed by atoms with van der Waals surface area (Å²) in [5.41, 5.74) is 6.52. The Morgan fingerprint density at radius 3 is 2.67 bits per heavy atom. The fraction of sp³-hybridized carbons (Fsp3) is 0.500. The lowest BCUT2D eigenvalue weighted by molar-refractivity contribution is 0.210. The van der Waals surface area contributed by atoms with E-state index >= 15 is 0 Å². The van der Waals surface area contributed by atoms with E-state index in [0.29, 0.717) is 11.8 Å². The number of hydrogen-bond donors (Lipinski definition) is 1. The van der Waals surface area contributed by atoms with E-state index in [0.717, 1.165) is 24.3 Å². The second-order valence-electron chi connectivity index (χ2n) is 3.93. The molecule has 0 aliphatic heterocycles. The SMILES string of the molecule is COc1ccc(N)c(OC2CCCC2)c1. The first-order valence-electron chi connectivity index (χ1n) is 5.40. The van der Waals surface area contributed by atoms with Gasteiger partial charge in [-0.05, 0) is 37.8 Å². The summed E-state index contributed by atoms with van der Waals surface area (Å²) in [5.74, 6) is 1.54. The number of nitrogen functional groups attached to an aromatic ring is 1. The monoisotopic (exact) mass is 207 g/mol. The molecule has 1 saturated carbocycles. The molecule has 0 amide bonds. The van der Waals surface area contributed by atoms with Gasteiger partial charge in [-0.25, -0.2) is 0 Å². The second kappa shape index (κ2) is 4.43. The summed E-state index contributed by atoms with van der Waals surface area (Å²) >= 11 is 0. The van der Waals surface area contributed by atoms with Crippen molar-refractivity contribution >= 4 is 5.69 Å². The maximum atomic E-state index is 5.84. The van der Waals surface area contributed by atoms with Gasteiger partial charge in [0.25, 0.3) is 0 Å². The Labute approximate surface area is 90.2 Å². The molecule has 0 unspecified atom stereocenters. The molecular weight excluding hydrogens is 190 g/mol. The van der Waals surface area contributed by atoms with E-state index in [1.54, 1.807) is 7.11 Å². The molecule has 1 aromatic carbocycles. The van der Waals surface area contributed by atoms with Crippen molar-refractivity contribution < 1.29 is 9.47 Å². The smallest absolute Gasteiger partial charge is 0.146 e. The summed E-state index contributed by atoms with van der Waals surface area (Å²) in [6, 6.07) is 5.52. The van der Waals surface area contributed by atoms with Gasteiger partial charge in [0.2, 0.25) is 0 Å². The zero-order chi connectivity index (χ0) is 10.7. The normalized spacial score (nSPS) is 16.6. The molecule has 0 radical (unpaired) electrons. The molecule has 3 nitrogen and oxygen atoms in total. The van der Waals surface area contributed by atoms with E-state index in [2.05, 4.69) is 0 Å². The molecule has 1 aliphatic carbocycles. The van der Waals surface area contributed by atoms with Crippen molar-refractivity contribution in [3.8, 4) is 11.5 Å². The predicted molar refractivity (Wildman–Crippen MR) is 60.3 cm³/mol. The summed E-state index contributed by atoms with van der Waals surface area (Å²) in [5, 5.41) is 0. The van der Waals surface area contributed by atoms with Crippen molar-refractivity contribution in [1.29, 1.82) is 0 Å². The van der Waals surface area contributed by atoms with Crippen molar-refractivity contribution in [2.75, 3.05) is 12.8 Å². The fourth-order valence-corrected chi connectivity index (χ4v) is 1.93. The van der Waals surface area contributed by atoms with Crippen LogP contribution in [0.5, 0.6) is 11.5 Å². The van der Waals surface area contributed by atoms with Gasteiger partial charge in [-0.15, -0.1) is 0 Å². The lowest BCUT2D eigenvalue weighted by Crippen LogP contribution is -2.12. The van der Waals surface area contributed by atoms with Crippen molar-refractivity contribution in [1.82, 2.24) is 0 Å². The molecule has 0 bridgehead atoms. The van der Waals surface area contributed by atoms with E-state index in [9.17, 15) is 0 Å². The fourth-order valence-electron chi connectivity index (χ4n) is 1.93. The van der Waals surface area contributed by atoms with Gasteiger partial charge in [0.15, 0.2) is 0 Å². The zero-order valence-corrected chi connectivity index (χ0v) is 9.03. The minimum atomic E-state index is 0.333. The average molecular weight is 207 g/mol. The maximum absolute atomic E-state index is 5.84. The molecule has 0 spiro atoms. The van der Waals surface area contributed by atoms with Crippen LogP contribution in [-0.4, -0.2) is 13.2 Å². The molecule has 0 heterocycles. The highest BCUT2D eigenvalue weighted by Gasteiger charge is 2.17. The van der Waals surface area contributed by atoms with E-state index in [4.69, 9.17) is 15.2 Å². The quantitative estimate of drug-likeness (QED) is 0.775. The van der Waals surface area contributed by atoms with Crippen LogP contribution in [0.25, 0.3) is 0 Å². The minimum Gasteiger partial charge on any atom is -0.497 e. The molecule has 82 valence electrons. The molecule has 2 rings (SSSR count). The molecule has 3 heteroatoms. The number of methoxy groups -OCH3 is 1. The Morgan fingerprint density at radius 2 is 2.00 bits per heavy atom. The Balaban J connectivity index is 2.11. The van der Waals surface area contributed by atoms with Crippen LogP contribution in [0.15, 0.2) is 18.2 Å². The molecule has 1 aliphatic rings. The molecule has 1 fully saturated rings. The van der Waals surface area contributed by atoms with Gasteiger partial charge >= 0.3 is 0 Å². The number of nitrogens with two attached hydrogens (primary N) is 1. The summed E-state index contributed by atoms with van der Waals surface area (Å²) in [6.45, 7) is 0. The van der Waals surface area contributed by atoms with E-state index in [-0.39, 0.29) is 0 Å². The van der Waals surface area contributed by atoms with Crippen LogP contribution in [-0.2, 0) is 0 Å². The number of anilines is 1. The van der Waals surface area contributed by atoms with E-state index < -0.39 is 0 Å². The Bertz CT molecular complexity index is 332. The van der Waals surface area contributed by atoms with Crippen molar-refractivity contribution in [2.24, 2.45) is 0 Å². The third kappa shape index (κ3) is 2.35. The summed E-state index contributed by atoms with van der Waals surface area (Å²) in [4.78, 5) is 0. The third-order valence-corrected chi connectivity index (χ3v) is 2.82. The Kier molecular flexibility index (Phi) is 2.99. The Morgan fingerprint density at radius 1 is 1.27 bits per heavy atom. The second-order valence-corrected chi connectivity index (χ2v) is 3.93. The highest BCUT2D eigenvalue weighted by atomic mass is 16.5. The molecule has 15 heavy (non-hydrogen) atoms. The van der Waals surface area contributed by atoms with Crippen LogP contribution in [0, 0.1) is 0 Å². The average Bonchev–Trinajstić information content (AvgIpc) is 2.74. The maximum Gasteiger partial charge on any atom is 0.146 e. The van der Waals surface area contributed by atoms with Gasteiger partial charge in [0.1, 0.15) is 11.5 Å². The van der Waals surface area contributed by atoms with Crippen LogP contribution in [0.1, 0.15) is 25.7 Å². The van der Waals surface area contributed by atoms with Crippen LogP contribution in [0.3, 0.4) is 0 Å². The first kappa shape index (κ1) is 10.1. The summed E-state index contributed by atoms with van der Waals surface area (Å²) < 4.78 is 11.0. The van der Waals surface area contributed by atoms with Gasteiger partial charge in [0, 0.05) is 6.07 Å². The first-order valence-corrected chi connectivity index (χ1v) is 5.40. The zero-order valence-electron chi connectivity index (χ0n) is 9.03. The van der Waals surface area contributed by atoms with Crippen LogP contribution in [0.4, 0.5) is 5.69 Å². The van der Waals surface area contributed by atoms with Crippen molar-refractivity contribution in [2.45, 2.75) is 31.8 Å². The highest BCUT2D eigenvalue weighted by Crippen LogP contribution is 2.31. The lowest BCUT2D eigenvalue weighted by Gasteiger charge is -2.15. The van der Waals surface area contributed by atoms with E-state index in [1.807, 2.05) is 18.2 Å². The van der Waals surface area contributed by atoms with Gasteiger partial charge in [0.05, 0.1) is 18.9 Å². The van der Waals surface area contributed by atoms with E-state index in [1.165, 1.54) is 12.8 Å². The molecule has 0 atom stereocenters. The summed E-state index contributed by atoms with van der Waals surface area (Å²) in [7, 11) is 1.64.